The maximum Gasteiger partial charge on any atom is 0.130 e. The largest absolute Gasteiger partial charge is 0.496 e. The van der Waals surface area contributed by atoms with E-state index in [0.717, 1.165) is 24.2 Å². The van der Waals surface area contributed by atoms with Crippen molar-refractivity contribution in [2.24, 2.45) is 0 Å². The molecule has 3 aromatic rings. The van der Waals surface area contributed by atoms with Crippen LogP contribution in [0.5, 0.6) is 5.75 Å². The third kappa shape index (κ3) is 3.07. The Morgan fingerprint density at radius 1 is 0.875 bits per heavy atom. The fourth-order valence-corrected chi connectivity index (χ4v) is 3.24. The van der Waals surface area contributed by atoms with E-state index in [-0.39, 0.29) is 0 Å². The molecule has 0 N–H and O–H groups in total. The number of hydrogen-bond acceptors (Lipinski definition) is 1. The molecular formula is C23H23O. The number of benzene rings is 3. The van der Waals surface area contributed by atoms with Crippen molar-refractivity contribution < 1.29 is 4.74 Å². The van der Waals surface area contributed by atoms with Crippen molar-refractivity contribution in [3.05, 3.63) is 77.9 Å². The van der Waals surface area contributed by atoms with Crippen molar-refractivity contribution >= 4 is 0 Å². The van der Waals surface area contributed by atoms with E-state index in [1.54, 1.807) is 7.11 Å². The van der Waals surface area contributed by atoms with E-state index < -0.39 is 0 Å². The number of aryl methyl sites for hydroxylation is 1. The Labute approximate surface area is 144 Å². The Kier molecular flexibility index (Phi) is 5.00. The van der Waals surface area contributed by atoms with Crippen LogP contribution in [0, 0.1) is 13.0 Å². The van der Waals surface area contributed by atoms with Gasteiger partial charge >= 0.3 is 0 Å². The second-order valence-electron chi connectivity index (χ2n) is 5.99. The summed E-state index contributed by atoms with van der Waals surface area (Å²) < 4.78 is 5.82. The van der Waals surface area contributed by atoms with Crippen LogP contribution in [0.1, 0.15) is 24.5 Å². The van der Waals surface area contributed by atoms with Gasteiger partial charge in [0.25, 0.3) is 0 Å². The molecule has 0 aliphatic heterocycles. The summed E-state index contributed by atoms with van der Waals surface area (Å²) in [6.07, 6.45) is 2.03. The zero-order chi connectivity index (χ0) is 16.9. The molecule has 24 heavy (non-hydrogen) atoms. The highest BCUT2D eigenvalue weighted by Crippen LogP contribution is 2.41. The lowest BCUT2D eigenvalue weighted by Crippen LogP contribution is -2.00. The molecule has 0 saturated carbocycles. The predicted molar refractivity (Wildman–Crippen MR) is 101 cm³/mol. The normalized spacial score (nSPS) is 10.6. The lowest BCUT2D eigenvalue weighted by atomic mass is 9.88. The quantitative estimate of drug-likeness (QED) is 0.553. The fraction of sp³-hybridized carbons (Fsp3) is 0.217. The van der Waals surface area contributed by atoms with Crippen LogP contribution >= 0.6 is 0 Å². The average Bonchev–Trinajstić information content (AvgIpc) is 2.64. The van der Waals surface area contributed by atoms with Crippen molar-refractivity contribution in [2.45, 2.75) is 26.7 Å². The SMILES string of the molecule is CCCc1[c]c(-c2ccccc2)c(C)c(-c2ccccc2)c1OC. The summed E-state index contributed by atoms with van der Waals surface area (Å²) in [6.45, 7) is 4.36. The molecule has 0 fully saturated rings. The van der Waals surface area contributed by atoms with Gasteiger partial charge in [0.2, 0.25) is 0 Å². The van der Waals surface area contributed by atoms with Crippen LogP contribution in [-0.2, 0) is 6.42 Å². The van der Waals surface area contributed by atoms with Crippen molar-refractivity contribution in [3.63, 3.8) is 0 Å². The van der Waals surface area contributed by atoms with Crippen LogP contribution in [0.15, 0.2) is 60.7 Å². The van der Waals surface area contributed by atoms with Crippen LogP contribution in [0.2, 0.25) is 0 Å². The van der Waals surface area contributed by atoms with E-state index in [9.17, 15) is 0 Å². The van der Waals surface area contributed by atoms with Gasteiger partial charge in [-0.05, 0) is 41.7 Å². The molecule has 0 amide bonds. The molecule has 3 rings (SSSR count). The van der Waals surface area contributed by atoms with Gasteiger partial charge in [0.05, 0.1) is 7.11 Å². The van der Waals surface area contributed by atoms with Gasteiger partial charge in [-0.3, -0.25) is 0 Å². The molecule has 0 heterocycles. The highest BCUT2D eigenvalue weighted by atomic mass is 16.5. The summed E-state index contributed by atoms with van der Waals surface area (Å²) in [5.41, 5.74) is 7.10. The van der Waals surface area contributed by atoms with Gasteiger partial charge in [0, 0.05) is 11.1 Å². The molecule has 1 nitrogen and oxygen atoms in total. The molecule has 0 aliphatic carbocycles. The van der Waals surface area contributed by atoms with E-state index >= 15 is 0 Å². The second kappa shape index (κ2) is 7.35. The van der Waals surface area contributed by atoms with Gasteiger partial charge in [-0.1, -0.05) is 74.0 Å². The standard InChI is InChI=1S/C23H23O/c1-4-11-20-16-21(18-12-7-5-8-13-18)17(2)22(23(20)24-3)19-14-9-6-10-15-19/h5-10,12-15H,4,11H2,1-3H3. The van der Waals surface area contributed by atoms with Gasteiger partial charge in [-0.15, -0.1) is 0 Å². The first-order chi connectivity index (χ1) is 11.8. The molecule has 0 atom stereocenters. The Balaban J connectivity index is 2.31. The Bertz CT molecular complexity index is 804. The minimum atomic E-state index is 0.959. The van der Waals surface area contributed by atoms with Crippen molar-refractivity contribution in [2.75, 3.05) is 7.11 Å². The lowest BCUT2D eigenvalue weighted by Gasteiger charge is -2.20. The first kappa shape index (κ1) is 16.3. The molecule has 0 aromatic heterocycles. The minimum Gasteiger partial charge on any atom is -0.496 e. The van der Waals surface area contributed by atoms with Crippen LogP contribution in [0.4, 0.5) is 0 Å². The molecule has 0 bridgehead atoms. The average molecular weight is 315 g/mol. The van der Waals surface area contributed by atoms with Crippen molar-refractivity contribution in [1.29, 1.82) is 0 Å². The fourth-order valence-electron chi connectivity index (χ4n) is 3.24. The summed E-state index contributed by atoms with van der Waals surface area (Å²) in [4.78, 5) is 0. The summed E-state index contributed by atoms with van der Waals surface area (Å²) in [5, 5.41) is 0. The maximum atomic E-state index is 5.82. The number of ether oxygens (including phenoxy) is 1. The predicted octanol–water partition coefficient (Wildman–Crippen LogP) is 6.09. The third-order valence-electron chi connectivity index (χ3n) is 4.36. The molecule has 1 heteroatoms. The first-order valence-electron chi connectivity index (χ1n) is 8.49. The van der Waals surface area contributed by atoms with Gasteiger partial charge < -0.3 is 4.74 Å². The number of hydrogen-bond donors (Lipinski definition) is 0. The van der Waals surface area contributed by atoms with Crippen LogP contribution < -0.4 is 4.74 Å². The molecular weight excluding hydrogens is 292 g/mol. The van der Waals surface area contributed by atoms with E-state index in [1.807, 2.05) is 12.1 Å². The maximum absolute atomic E-state index is 5.82. The van der Waals surface area contributed by atoms with Crippen molar-refractivity contribution in [3.8, 4) is 28.0 Å². The van der Waals surface area contributed by atoms with Gasteiger partial charge in [-0.2, -0.15) is 0 Å². The zero-order valence-electron chi connectivity index (χ0n) is 14.6. The monoisotopic (exact) mass is 315 g/mol. The van der Waals surface area contributed by atoms with Crippen molar-refractivity contribution in [1.82, 2.24) is 0 Å². The molecule has 3 aromatic carbocycles. The third-order valence-corrected chi connectivity index (χ3v) is 4.36. The molecule has 1 radical (unpaired) electrons. The molecule has 0 unspecified atom stereocenters. The van der Waals surface area contributed by atoms with Gasteiger partial charge in [0.1, 0.15) is 5.75 Å². The zero-order valence-corrected chi connectivity index (χ0v) is 14.6. The second-order valence-corrected chi connectivity index (χ2v) is 5.99. The smallest absolute Gasteiger partial charge is 0.130 e. The topological polar surface area (TPSA) is 9.23 Å². The lowest BCUT2D eigenvalue weighted by molar-refractivity contribution is 0.410. The number of methoxy groups -OCH3 is 1. The molecule has 0 saturated heterocycles. The van der Waals surface area contributed by atoms with E-state index in [1.165, 1.54) is 27.8 Å². The highest BCUT2D eigenvalue weighted by Gasteiger charge is 2.18. The Morgan fingerprint density at radius 3 is 2.00 bits per heavy atom. The van der Waals surface area contributed by atoms with E-state index in [0.29, 0.717) is 0 Å². The minimum absolute atomic E-state index is 0.959. The molecule has 121 valence electrons. The van der Waals surface area contributed by atoms with Gasteiger partial charge in [-0.25, -0.2) is 0 Å². The van der Waals surface area contributed by atoms with Crippen LogP contribution in [-0.4, -0.2) is 7.11 Å². The molecule has 0 aliphatic rings. The molecule has 0 spiro atoms. The van der Waals surface area contributed by atoms with E-state index in [2.05, 4.69) is 68.4 Å². The van der Waals surface area contributed by atoms with Gasteiger partial charge in [0.15, 0.2) is 0 Å². The highest BCUT2D eigenvalue weighted by molar-refractivity contribution is 5.83. The number of rotatable bonds is 5. The van der Waals surface area contributed by atoms with Crippen LogP contribution in [0.25, 0.3) is 22.3 Å². The Hall–Kier alpha value is -2.54. The van der Waals surface area contributed by atoms with Crippen LogP contribution in [0.3, 0.4) is 0 Å². The summed E-state index contributed by atoms with van der Waals surface area (Å²) >= 11 is 0. The van der Waals surface area contributed by atoms with E-state index in [4.69, 9.17) is 4.74 Å². The first-order valence-corrected chi connectivity index (χ1v) is 8.49. The summed E-state index contributed by atoms with van der Waals surface area (Å²) in [6, 6.07) is 24.6. The summed E-state index contributed by atoms with van der Waals surface area (Å²) in [7, 11) is 1.76. The summed E-state index contributed by atoms with van der Waals surface area (Å²) in [5.74, 6) is 0.959. The Morgan fingerprint density at radius 2 is 1.46 bits per heavy atom.